The largest absolute Gasteiger partial charge is 0.476 e. The van der Waals surface area contributed by atoms with Crippen LogP contribution in [0.3, 0.4) is 0 Å². The van der Waals surface area contributed by atoms with Gasteiger partial charge in [-0.2, -0.15) is 4.98 Å². The third-order valence-corrected chi connectivity index (χ3v) is 4.38. The number of hydrogen-bond donors (Lipinski definition) is 2. The fraction of sp³-hybridized carbons (Fsp3) is 0.308. The molecule has 0 aliphatic rings. The van der Waals surface area contributed by atoms with Crippen molar-refractivity contribution in [2.45, 2.75) is 19.9 Å². The summed E-state index contributed by atoms with van der Waals surface area (Å²) in [5, 5.41) is 5.31. The molecular formula is C13H16BrN3OS. The Morgan fingerprint density at radius 3 is 2.95 bits per heavy atom. The fourth-order valence-corrected chi connectivity index (χ4v) is 2.92. The highest BCUT2D eigenvalue weighted by atomic mass is 79.9. The van der Waals surface area contributed by atoms with Gasteiger partial charge in [-0.3, -0.25) is 0 Å². The monoisotopic (exact) mass is 341 g/mol. The fourth-order valence-electron chi connectivity index (χ4n) is 1.49. The number of pyridine rings is 1. The number of nitrogens with one attached hydrogen (secondary N) is 1. The number of thiophene rings is 1. The van der Waals surface area contributed by atoms with Crippen molar-refractivity contribution in [2.24, 2.45) is 0 Å². The lowest BCUT2D eigenvalue weighted by atomic mass is 10.4. The van der Waals surface area contributed by atoms with Gasteiger partial charge in [0, 0.05) is 9.35 Å². The minimum Gasteiger partial charge on any atom is -0.476 e. The summed E-state index contributed by atoms with van der Waals surface area (Å²) in [6, 6.07) is 5.70. The highest BCUT2D eigenvalue weighted by molar-refractivity contribution is 9.10. The first kappa shape index (κ1) is 14.1. The number of nitrogens with zero attached hydrogens (tertiary/aromatic N) is 1. The molecule has 2 aromatic rings. The number of nitrogen functional groups attached to an aromatic ring is 1. The molecule has 0 saturated carbocycles. The minimum atomic E-state index is 0.497. The van der Waals surface area contributed by atoms with Crippen LogP contribution in [-0.2, 0) is 6.54 Å². The van der Waals surface area contributed by atoms with Crippen LogP contribution in [0.1, 0.15) is 18.2 Å². The van der Waals surface area contributed by atoms with Crippen LogP contribution in [0.5, 0.6) is 5.88 Å². The quantitative estimate of drug-likeness (QED) is 0.836. The smallest absolute Gasteiger partial charge is 0.239 e. The van der Waals surface area contributed by atoms with E-state index < -0.39 is 0 Å². The van der Waals surface area contributed by atoms with Gasteiger partial charge in [-0.25, -0.2) is 0 Å². The zero-order valence-corrected chi connectivity index (χ0v) is 13.1. The normalized spacial score (nSPS) is 10.4. The molecule has 4 nitrogen and oxygen atoms in total. The van der Waals surface area contributed by atoms with Gasteiger partial charge in [0.15, 0.2) is 0 Å². The van der Waals surface area contributed by atoms with E-state index in [0.29, 0.717) is 18.2 Å². The molecule has 0 radical (unpaired) electrons. The summed E-state index contributed by atoms with van der Waals surface area (Å²) in [5.41, 5.74) is 6.39. The summed E-state index contributed by atoms with van der Waals surface area (Å²) in [6.45, 7) is 3.39. The van der Waals surface area contributed by atoms with E-state index >= 15 is 0 Å². The Balaban J connectivity index is 2.02. The first-order valence-electron chi connectivity index (χ1n) is 6.05. The SMILES string of the molecule is CCCOc1nc(NCc2sccc2Br)ccc1N. The van der Waals surface area contributed by atoms with Crippen LogP contribution in [0, 0.1) is 0 Å². The third-order valence-electron chi connectivity index (χ3n) is 2.45. The first-order chi connectivity index (χ1) is 9.20. The van der Waals surface area contributed by atoms with E-state index in [0.717, 1.165) is 23.3 Å². The van der Waals surface area contributed by atoms with E-state index in [1.54, 1.807) is 11.3 Å². The molecule has 19 heavy (non-hydrogen) atoms. The third kappa shape index (κ3) is 3.84. The highest BCUT2D eigenvalue weighted by Gasteiger charge is 2.05. The van der Waals surface area contributed by atoms with E-state index in [1.807, 2.05) is 30.5 Å². The molecule has 0 bridgehead atoms. The number of rotatable bonds is 6. The van der Waals surface area contributed by atoms with E-state index in [4.69, 9.17) is 10.5 Å². The molecule has 0 aromatic carbocycles. The van der Waals surface area contributed by atoms with E-state index in [9.17, 15) is 0 Å². The topological polar surface area (TPSA) is 60.2 Å². The van der Waals surface area contributed by atoms with Gasteiger partial charge in [0.1, 0.15) is 5.82 Å². The van der Waals surface area contributed by atoms with Crippen LogP contribution in [0.25, 0.3) is 0 Å². The van der Waals surface area contributed by atoms with Crippen molar-refractivity contribution in [1.29, 1.82) is 0 Å². The standard InChI is InChI=1S/C13H16BrN3OS/c1-2-6-18-13-10(15)3-4-12(17-13)16-8-11-9(14)5-7-19-11/h3-5,7H,2,6,8,15H2,1H3,(H,16,17). The molecule has 0 unspecified atom stereocenters. The maximum atomic E-state index is 5.82. The molecule has 0 fully saturated rings. The lowest BCUT2D eigenvalue weighted by molar-refractivity contribution is 0.307. The summed E-state index contributed by atoms with van der Waals surface area (Å²) in [7, 11) is 0. The average Bonchev–Trinajstić information content (AvgIpc) is 2.82. The molecule has 2 aromatic heterocycles. The number of halogens is 1. The van der Waals surface area contributed by atoms with Crippen LogP contribution in [0.4, 0.5) is 11.5 Å². The molecule has 0 amide bonds. The summed E-state index contributed by atoms with van der Waals surface area (Å²) in [5.74, 6) is 1.26. The van der Waals surface area contributed by atoms with Gasteiger partial charge in [-0.1, -0.05) is 6.92 Å². The molecule has 3 N–H and O–H groups in total. The van der Waals surface area contributed by atoms with Crippen molar-refractivity contribution < 1.29 is 4.74 Å². The minimum absolute atomic E-state index is 0.497. The van der Waals surface area contributed by atoms with Crippen molar-refractivity contribution in [3.8, 4) is 5.88 Å². The molecule has 2 heterocycles. The van der Waals surface area contributed by atoms with Crippen molar-refractivity contribution >= 4 is 38.8 Å². The number of hydrogen-bond acceptors (Lipinski definition) is 5. The van der Waals surface area contributed by atoms with Gasteiger partial charge in [-0.05, 0) is 45.9 Å². The Kier molecular flexibility index (Phi) is 5.04. The summed E-state index contributed by atoms with van der Waals surface area (Å²) >= 11 is 5.20. The lowest BCUT2D eigenvalue weighted by Gasteiger charge is -2.10. The first-order valence-corrected chi connectivity index (χ1v) is 7.73. The molecule has 2 rings (SSSR count). The van der Waals surface area contributed by atoms with E-state index in [1.165, 1.54) is 4.88 Å². The summed E-state index contributed by atoms with van der Waals surface area (Å²) in [6.07, 6.45) is 0.931. The Morgan fingerprint density at radius 2 is 2.26 bits per heavy atom. The van der Waals surface area contributed by atoms with Crippen molar-refractivity contribution in [2.75, 3.05) is 17.7 Å². The Hall–Kier alpha value is -1.27. The lowest BCUT2D eigenvalue weighted by Crippen LogP contribution is -2.05. The van der Waals surface area contributed by atoms with Crippen molar-refractivity contribution in [3.63, 3.8) is 0 Å². The second-order valence-corrected chi connectivity index (χ2v) is 5.84. The van der Waals surface area contributed by atoms with Gasteiger partial charge in [-0.15, -0.1) is 11.3 Å². The van der Waals surface area contributed by atoms with Crippen LogP contribution >= 0.6 is 27.3 Å². The molecule has 0 aliphatic carbocycles. The molecule has 102 valence electrons. The molecule has 0 saturated heterocycles. The zero-order chi connectivity index (χ0) is 13.7. The second kappa shape index (κ2) is 6.77. The number of nitrogens with two attached hydrogens (primary N) is 1. The Labute approximate surface area is 125 Å². The Bertz CT molecular complexity index is 544. The van der Waals surface area contributed by atoms with Gasteiger partial charge in [0.25, 0.3) is 0 Å². The molecule has 6 heteroatoms. The zero-order valence-electron chi connectivity index (χ0n) is 10.6. The average molecular weight is 342 g/mol. The predicted octanol–water partition coefficient (Wildman–Crippen LogP) is 3.89. The van der Waals surface area contributed by atoms with Gasteiger partial charge in [0.2, 0.25) is 5.88 Å². The maximum Gasteiger partial charge on any atom is 0.239 e. The molecule has 0 atom stereocenters. The maximum absolute atomic E-state index is 5.82. The van der Waals surface area contributed by atoms with E-state index in [-0.39, 0.29) is 0 Å². The second-order valence-electron chi connectivity index (χ2n) is 3.98. The van der Waals surface area contributed by atoms with Gasteiger partial charge < -0.3 is 15.8 Å². The predicted molar refractivity (Wildman–Crippen MR) is 83.8 cm³/mol. The van der Waals surface area contributed by atoms with Crippen LogP contribution < -0.4 is 15.8 Å². The van der Waals surface area contributed by atoms with Gasteiger partial charge >= 0.3 is 0 Å². The van der Waals surface area contributed by atoms with Crippen molar-refractivity contribution in [1.82, 2.24) is 4.98 Å². The summed E-state index contributed by atoms with van der Waals surface area (Å²) in [4.78, 5) is 5.60. The molecule has 0 spiro atoms. The number of ether oxygens (including phenoxy) is 1. The number of anilines is 2. The van der Waals surface area contributed by atoms with Crippen LogP contribution in [-0.4, -0.2) is 11.6 Å². The molecule has 0 aliphatic heterocycles. The van der Waals surface area contributed by atoms with E-state index in [2.05, 4.69) is 26.2 Å². The van der Waals surface area contributed by atoms with Crippen LogP contribution in [0.15, 0.2) is 28.1 Å². The summed E-state index contributed by atoms with van der Waals surface area (Å²) < 4.78 is 6.62. The number of aromatic nitrogens is 1. The van der Waals surface area contributed by atoms with Gasteiger partial charge in [0.05, 0.1) is 18.8 Å². The van der Waals surface area contributed by atoms with Crippen molar-refractivity contribution in [3.05, 3.63) is 32.9 Å². The highest BCUT2D eigenvalue weighted by Crippen LogP contribution is 2.25. The van der Waals surface area contributed by atoms with Crippen LogP contribution in [0.2, 0.25) is 0 Å². The Morgan fingerprint density at radius 1 is 1.42 bits per heavy atom. The molecular weight excluding hydrogens is 326 g/mol.